The van der Waals surface area contributed by atoms with Crippen molar-refractivity contribution in [2.24, 2.45) is 33.7 Å². The van der Waals surface area contributed by atoms with Crippen LogP contribution < -0.4 is 70.6 Å². The number of nitrogens with two attached hydrogens (primary N) is 5. The number of urea groups is 3. The molecular formula is C37H59N13O13. The number of primary amides is 2. The molecule has 0 spiro atoms. The van der Waals surface area contributed by atoms with Crippen molar-refractivity contribution < 1.29 is 62.6 Å². The molecule has 1 aromatic carbocycles. The summed E-state index contributed by atoms with van der Waals surface area (Å²) in [5.41, 5.74) is 28.3. The Morgan fingerprint density at radius 3 is 2.29 bits per heavy atom. The van der Waals surface area contributed by atoms with Gasteiger partial charge in [0.05, 0.1) is 31.4 Å². The lowest BCUT2D eigenvalue weighted by Crippen LogP contribution is -2.70. The van der Waals surface area contributed by atoms with E-state index in [-0.39, 0.29) is 19.1 Å². The summed E-state index contributed by atoms with van der Waals surface area (Å²) in [6.07, 6.45) is -4.84. The number of nitrogens with zero attached hydrogens (tertiary/aromatic N) is 1. The second-order valence-corrected chi connectivity index (χ2v) is 15.1. The number of alkyl carbamates (subject to hydrolysis) is 1. The molecule has 4 saturated heterocycles. The van der Waals surface area contributed by atoms with Crippen LogP contribution in [0.1, 0.15) is 31.7 Å². The first-order chi connectivity index (χ1) is 30.1. The highest BCUT2D eigenvalue weighted by atomic mass is 16.7. The third-order valence-electron chi connectivity index (χ3n) is 10.4. The first-order valence-electron chi connectivity index (χ1n) is 20.4. The number of benzene rings is 1. The van der Waals surface area contributed by atoms with Crippen molar-refractivity contribution in [2.75, 3.05) is 39.4 Å². The predicted octanol–water partition coefficient (Wildman–Crippen LogP) is -4.66. The molecule has 0 radical (unpaired) electrons. The number of unbranched alkanes of at least 4 members (excludes halogenated alkanes) is 1. The van der Waals surface area contributed by atoms with Crippen LogP contribution in [-0.4, -0.2) is 165 Å². The van der Waals surface area contributed by atoms with E-state index in [1.165, 1.54) is 6.08 Å². The molecule has 1 aromatic rings. The van der Waals surface area contributed by atoms with Crippen LogP contribution >= 0.6 is 0 Å². The Hall–Kier alpha value is -5.74. The van der Waals surface area contributed by atoms with Crippen LogP contribution in [0, 0.1) is 0 Å². The third-order valence-corrected chi connectivity index (χ3v) is 10.4. The average molecular weight is 894 g/mol. The van der Waals surface area contributed by atoms with Gasteiger partial charge in [-0.15, -0.1) is 0 Å². The molecule has 5 rings (SSSR count). The zero-order valence-electron chi connectivity index (χ0n) is 34.6. The molecule has 26 nitrogen and oxygen atoms in total. The van der Waals surface area contributed by atoms with Gasteiger partial charge < -0.3 is 105 Å². The monoisotopic (exact) mass is 893 g/mol. The van der Waals surface area contributed by atoms with Gasteiger partial charge in [0.15, 0.2) is 18.5 Å². The second kappa shape index (κ2) is 23.1. The molecular weight excluding hydrogens is 834 g/mol. The van der Waals surface area contributed by atoms with E-state index in [1.807, 2.05) is 0 Å². The van der Waals surface area contributed by atoms with Crippen molar-refractivity contribution >= 4 is 42.1 Å². The van der Waals surface area contributed by atoms with Gasteiger partial charge in [0.25, 0.3) is 0 Å². The summed E-state index contributed by atoms with van der Waals surface area (Å²) in [5, 5.41) is 41.4. The first-order valence-corrected chi connectivity index (χ1v) is 20.4. The molecule has 0 saturated carbocycles. The van der Waals surface area contributed by atoms with Crippen LogP contribution in [0.4, 0.5) is 19.2 Å². The smallest absolute Gasteiger partial charge is 0.407 e. The summed E-state index contributed by atoms with van der Waals surface area (Å²) in [6.45, 7) is 3.91. The van der Waals surface area contributed by atoms with Gasteiger partial charge >= 0.3 is 24.2 Å². The molecule has 4 aliphatic heterocycles. The number of carbonyl (C=O) groups is 5. The van der Waals surface area contributed by atoms with E-state index in [4.69, 9.17) is 57.1 Å². The molecule has 350 valence electrons. The summed E-state index contributed by atoms with van der Waals surface area (Å²) in [5.74, 6) is -0.317. The summed E-state index contributed by atoms with van der Waals surface area (Å²) >= 11 is 0. The second-order valence-electron chi connectivity index (χ2n) is 15.1. The summed E-state index contributed by atoms with van der Waals surface area (Å²) in [7, 11) is 0. The zero-order valence-corrected chi connectivity index (χ0v) is 34.6. The zero-order chi connectivity index (χ0) is 45.6. The number of aliphatic imine (C=N–C) groups is 1. The standard InChI is InChI=1S/C37H59N13O13/c1-17-23(29(53)27(45-33(39)40)32(60-17)61-19-8-5-18(6-9-19)7-10-22(51)44-14-4-13-43-12-3-2-11-38)48-36(56)50-30-26(47-35(42)55)28(52)21(16-58-30)62-31-25(46-34(41)54)24-20(15-59-31)63-37(57)49-24/h5-10,17,20-21,23-32,43,52-53H,2-4,11-16,38H2,1H3,(H,44,51)(H,49,57)(H4,39,40,45)(H3,41,46,54)(H3,42,47,55)(H2,48,50,56)/t17-,20-,21-,23-,24+,25-,26-,27-,28+,29+,30+,31+,32-/m1/s1. The Kier molecular flexibility index (Phi) is 17.7. The van der Waals surface area contributed by atoms with E-state index in [0.717, 1.165) is 32.4 Å². The van der Waals surface area contributed by atoms with E-state index in [0.29, 0.717) is 24.4 Å². The minimum atomic E-state index is -1.60. The summed E-state index contributed by atoms with van der Waals surface area (Å²) < 4.78 is 34.6. The molecule has 0 unspecified atom stereocenters. The number of hydrogen-bond acceptors (Lipinski definition) is 16. The maximum absolute atomic E-state index is 13.4. The number of rotatable bonds is 19. The van der Waals surface area contributed by atoms with Crippen LogP contribution in [0.3, 0.4) is 0 Å². The van der Waals surface area contributed by atoms with Gasteiger partial charge in [-0.05, 0) is 69.6 Å². The molecule has 8 amide bonds. The predicted molar refractivity (Wildman–Crippen MR) is 221 cm³/mol. The Labute approximate surface area is 362 Å². The molecule has 26 heteroatoms. The Morgan fingerprint density at radius 2 is 1.59 bits per heavy atom. The van der Waals surface area contributed by atoms with Gasteiger partial charge in [0.2, 0.25) is 12.2 Å². The van der Waals surface area contributed by atoms with Crippen molar-refractivity contribution in [1.82, 2.24) is 37.2 Å². The van der Waals surface area contributed by atoms with E-state index >= 15 is 0 Å². The van der Waals surface area contributed by atoms with Crippen molar-refractivity contribution in [1.29, 1.82) is 0 Å². The maximum atomic E-state index is 13.4. The highest BCUT2D eigenvalue weighted by Crippen LogP contribution is 2.29. The number of amides is 8. The van der Waals surface area contributed by atoms with Gasteiger partial charge in [-0.25, -0.2) is 24.2 Å². The fourth-order valence-corrected chi connectivity index (χ4v) is 7.33. The molecule has 0 aromatic heterocycles. The number of carbonyl (C=O) groups excluding carboxylic acids is 5. The molecule has 63 heavy (non-hydrogen) atoms. The van der Waals surface area contributed by atoms with E-state index < -0.39 is 110 Å². The van der Waals surface area contributed by atoms with Crippen molar-refractivity contribution in [3.8, 4) is 5.75 Å². The molecule has 4 aliphatic rings. The van der Waals surface area contributed by atoms with Crippen molar-refractivity contribution in [3.05, 3.63) is 35.9 Å². The molecule has 0 aliphatic carbocycles. The van der Waals surface area contributed by atoms with Crippen LogP contribution in [-0.2, 0) is 28.5 Å². The number of hydrogen-bond donors (Lipinski definition) is 14. The summed E-state index contributed by atoms with van der Waals surface area (Å²) in [4.78, 5) is 65.5. The fourth-order valence-electron chi connectivity index (χ4n) is 7.33. The van der Waals surface area contributed by atoms with E-state index in [1.54, 1.807) is 37.3 Å². The van der Waals surface area contributed by atoms with Gasteiger partial charge in [0.1, 0.15) is 48.3 Å². The first kappa shape index (κ1) is 48.3. The number of ether oxygens (including phenoxy) is 6. The molecule has 4 fully saturated rings. The number of nitrogens with one attached hydrogen (secondary N) is 7. The summed E-state index contributed by atoms with van der Waals surface area (Å²) in [6, 6.07) is -1.96. The largest absolute Gasteiger partial charge is 0.462 e. The minimum Gasteiger partial charge on any atom is -0.462 e. The molecule has 0 bridgehead atoms. The van der Waals surface area contributed by atoms with Crippen molar-refractivity contribution in [2.45, 2.75) is 106 Å². The van der Waals surface area contributed by atoms with Crippen LogP contribution in [0.5, 0.6) is 5.75 Å². The quantitative estimate of drug-likeness (QED) is 0.0269. The minimum absolute atomic E-state index is 0.127. The maximum Gasteiger partial charge on any atom is 0.407 e. The molecule has 4 heterocycles. The Morgan fingerprint density at radius 1 is 0.873 bits per heavy atom. The van der Waals surface area contributed by atoms with E-state index in [9.17, 15) is 34.2 Å². The average Bonchev–Trinajstić information content (AvgIpc) is 3.62. The van der Waals surface area contributed by atoms with Gasteiger partial charge in [-0.2, -0.15) is 0 Å². The van der Waals surface area contributed by atoms with Crippen LogP contribution in [0.2, 0.25) is 0 Å². The number of aliphatic hydroxyl groups excluding tert-OH is 2. The normalized spacial score (nSPS) is 31.4. The highest BCUT2D eigenvalue weighted by Gasteiger charge is 2.51. The van der Waals surface area contributed by atoms with Gasteiger partial charge in [-0.1, -0.05) is 12.1 Å². The Balaban J connectivity index is 1.15. The van der Waals surface area contributed by atoms with Gasteiger partial charge in [-0.3, -0.25) is 4.79 Å². The number of guanidine groups is 1. The van der Waals surface area contributed by atoms with Gasteiger partial charge in [0, 0.05) is 12.6 Å². The van der Waals surface area contributed by atoms with Crippen LogP contribution in [0.25, 0.3) is 6.08 Å². The van der Waals surface area contributed by atoms with Crippen LogP contribution in [0.15, 0.2) is 35.3 Å². The number of fused-ring (bicyclic) bond motifs is 1. The topological polar surface area (TPSA) is 408 Å². The van der Waals surface area contributed by atoms with E-state index in [2.05, 4.69) is 42.2 Å². The Bertz CT molecular complexity index is 1770. The van der Waals surface area contributed by atoms with Crippen molar-refractivity contribution in [3.63, 3.8) is 0 Å². The molecule has 19 N–H and O–H groups in total. The third kappa shape index (κ3) is 13.9. The highest BCUT2D eigenvalue weighted by molar-refractivity contribution is 5.91. The SMILES string of the molecule is C[C@H]1O[C@H](Oc2ccc(C=CC(=O)NCCCNCCCCN)cc2)[C@H](N=C(N)N)[C@@H](O)[C@@H]1NC(=O)N[C@H]1OC[C@@H](O[C@@H]2OC[C@H]3OC(=O)N[C@@H]3[C@H]2NC(N)=O)[C@H](O)[C@H]1NC(N)=O. The lowest BCUT2D eigenvalue weighted by atomic mass is 9.95. The fraction of sp³-hybridized carbons (Fsp3) is 0.622. The molecule has 13 atom stereocenters. The lowest BCUT2D eigenvalue weighted by molar-refractivity contribution is -0.260. The number of aliphatic hydroxyl groups is 2. The lowest BCUT2D eigenvalue weighted by Gasteiger charge is -2.44.